The minimum atomic E-state index is -3.47. The van der Waals surface area contributed by atoms with E-state index in [4.69, 9.17) is 4.74 Å². The summed E-state index contributed by atoms with van der Waals surface area (Å²) in [6.07, 6.45) is 2.70. The van der Waals surface area contributed by atoms with Crippen molar-refractivity contribution in [3.63, 3.8) is 0 Å². The van der Waals surface area contributed by atoms with Gasteiger partial charge in [0.15, 0.2) is 0 Å². The van der Waals surface area contributed by atoms with E-state index < -0.39 is 21.4 Å². The SMILES string of the molecule is COCCS(=O)(=O)NCC1(C(=O)O)CCC(C)CC1. The van der Waals surface area contributed by atoms with Gasteiger partial charge in [-0.25, -0.2) is 13.1 Å². The predicted molar refractivity (Wildman–Crippen MR) is 71.4 cm³/mol. The molecular weight excluding hydrogens is 270 g/mol. The summed E-state index contributed by atoms with van der Waals surface area (Å²) in [4.78, 5) is 11.5. The van der Waals surface area contributed by atoms with Crippen LogP contribution in [0.25, 0.3) is 0 Å². The number of nitrogens with one attached hydrogen (secondary N) is 1. The van der Waals surface area contributed by atoms with Crippen molar-refractivity contribution in [1.82, 2.24) is 4.72 Å². The maximum atomic E-state index is 11.7. The first-order valence-electron chi connectivity index (χ1n) is 6.51. The largest absolute Gasteiger partial charge is 0.481 e. The van der Waals surface area contributed by atoms with E-state index >= 15 is 0 Å². The normalized spacial score (nSPS) is 28.2. The van der Waals surface area contributed by atoms with E-state index in [1.165, 1.54) is 7.11 Å². The summed E-state index contributed by atoms with van der Waals surface area (Å²) in [5, 5.41) is 9.39. The van der Waals surface area contributed by atoms with Crippen LogP contribution in [0.1, 0.15) is 32.6 Å². The Hall–Kier alpha value is -0.660. The first kappa shape index (κ1) is 16.4. The number of carbonyl (C=O) groups is 1. The number of aliphatic carboxylic acids is 1. The number of hydrogen-bond donors (Lipinski definition) is 2. The number of ether oxygens (including phenoxy) is 1. The molecule has 1 aliphatic carbocycles. The maximum absolute atomic E-state index is 11.7. The quantitative estimate of drug-likeness (QED) is 0.725. The summed E-state index contributed by atoms with van der Waals surface area (Å²) >= 11 is 0. The zero-order valence-corrected chi connectivity index (χ0v) is 12.3. The van der Waals surface area contributed by atoms with Crippen molar-refractivity contribution in [1.29, 1.82) is 0 Å². The van der Waals surface area contributed by atoms with E-state index in [9.17, 15) is 18.3 Å². The first-order chi connectivity index (χ1) is 8.81. The van der Waals surface area contributed by atoms with Gasteiger partial charge in [0.25, 0.3) is 0 Å². The topological polar surface area (TPSA) is 92.7 Å². The average Bonchev–Trinajstić information content (AvgIpc) is 2.36. The molecule has 0 heterocycles. The molecule has 0 bridgehead atoms. The van der Waals surface area contributed by atoms with Crippen molar-refractivity contribution >= 4 is 16.0 Å². The highest BCUT2D eigenvalue weighted by molar-refractivity contribution is 7.89. The highest BCUT2D eigenvalue weighted by Crippen LogP contribution is 2.38. The third kappa shape index (κ3) is 4.74. The number of carboxylic acids is 1. The molecule has 0 aromatic carbocycles. The van der Waals surface area contributed by atoms with Crippen LogP contribution >= 0.6 is 0 Å². The molecule has 0 aromatic rings. The fourth-order valence-corrected chi connectivity index (χ4v) is 3.32. The van der Waals surface area contributed by atoms with Crippen LogP contribution in [0.3, 0.4) is 0 Å². The molecule has 19 heavy (non-hydrogen) atoms. The molecule has 1 aliphatic rings. The lowest BCUT2D eigenvalue weighted by molar-refractivity contribution is -0.151. The molecule has 6 nitrogen and oxygen atoms in total. The summed E-state index contributed by atoms with van der Waals surface area (Å²) in [7, 11) is -2.04. The van der Waals surface area contributed by atoms with Crippen molar-refractivity contribution in [2.24, 2.45) is 11.3 Å². The number of hydrogen-bond acceptors (Lipinski definition) is 4. The second-order valence-electron chi connectivity index (χ2n) is 5.40. The lowest BCUT2D eigenvalue weighted by atomic mass is 9.71. The van der Waals surface area contributed by atoms with Gasteiger partial charge in [0.1, 0.15) is 0 Å². The van der Waals surface area contributed by atoms with Gasteiger partial charge in [0.05, 0.1) is 17.8 Å². The van der Waals surface area contributed by atoms with Gasteiger partial charge in [0, 0.05) is 13.7 Å². The molecule has 0 amide bonds. The van der Waals surface area contributed by atoms with E-state index in [1.54, 1.807) is 0 Å². The van der Waals surface area contributed by atoms with Crippen LogP contribution in [0, 0.1) is 11.3 Å². The van der Waals surface area contributed by atoms with Crippen LogP contribution in [-0.4, -0.2) is 45.5 Å². The number of sulfonamides is 1. The molecule has 1 rings (SSSR count). The van der Waals surface area contributed by atoms with E-state index in [1.807, 2.05) is 0 Å². The Morgan fingerprint density at radius 2 is 2.00 bits per heavy atom. The minimum Gasteiger partial charge on any atom is -0.481 e. The summed E-state index contributed by atoms with van der Waals surface area (Å²) in [5.74, 6) is -0.540. The Kier molecular flexibility index (Phi) is 5.76. The van der Waals surface area contributed by atoms with Crippen molar-refractivity contribution in [2.45, 2.75) is 32.6 Å². The Labute approximate surface area is 114 Å². The van der Waals surface area contributed by atoms with E-state index in [0.29, 0.717) is 18.8 Å². The van der Waals surface area contributed by atoms with Crippen LogP contribution < -0.4 is 4.72 Å². The number of carboxylic acid groups (broad SMARTS) is 1. The number of methoxy groups -OCH3 is 1. The molecule has 0 spiro atoms. The van der Waals surface area contributed by atoms with Crippen LogP contribution in [0.2, 0.25) is 0 Å². The molecule has 1 saturated carbocycles. The van der Waals surface area contributed by atoms with Crippen LogP contribution in [0.4, 0.5) is 0 Å². The second kappa shape index (κ2) is 6.67. The fraction of sp³-hybridized carbons (Fsp3) is 0.917. The van der Waals surface area contributed by atoms with Crippen molar-refractivity contribution in [3.05, 3.63) is 0 Å². The summed E-state index contributed by atoms with van der Waals surface area (Å²) in [6.45, 7) is 2.17. The summed E-state index contributed by atoms with van der Waals surface area (Å²) < 4.78 is 30.5. The fourth-order valence-electron chi connectivity index (χ4n) is 2.29. The number of rotatable bonds is 7. The molecule has 7 heteroatoms. The zero-order chi connectivity index (χ0) is 14.5. The molecule has 0 unspecified atom stereocenters. The molecule has 0 atom stereocenters. The Morgan fingerprint density at radius 1 is 1.42 bits per heavy atom. The molecule has 0 radical (unpaired) electrons. The molecule has 2 N–H and O–H groups in total. The van der Waals surface area contributed by atoms with Crippen LogP contribution in [0.15, 0.2) is 0 Å². The third-order valence-electron chi connectivity index (χ3n) is 3.87. The van der Waals surface area contributed by atoms with Crippen molar-refractivity contribution in [2.75, 3.05) is 26.0 Å². The van der Waals surface area contributed by atoms with Gasteiger partial charge in [-0.1, -0.05) is 6.92 Å². The Bertz CT molecular complexity index is 398. The lowest BCUT2D eigenvalue weighted by Crippen LogP contribution is -2.45. The standard InChI is InChI=1S/C12H23NO5S/c1-10-3-5-12(6-4-10,11(14)15)9-13-19(16,17)8-7-18-2/h10,13H,3-9H2,1-2H3,(H,14,15). The zero-order valence-electron chi connectivity index (χ0n) is 11.5. The Morgan fingerprint density at radius 3 is 2.47 bits per heavy atom. The average molecular weight is 293 g/mol. The van der Waals surface area contributed by atoms with E-state index in [0.717, 1.165) is 12.8 Å². The highest BCUT2D eigenvalue weighted by Gasteiger charge is 2.41. The second-order valence-corrected chi connectivity index (χ2v) is 7.33. The summed E-state index contributed by atoms with van der Waals surface area (Å²) in [5.41, 5.74) is -0.952. The Balaban J connectivity index is 2.63. The highest BCUT2D eigenvalue weighted by atomic mass is 32.2. The molecule has 1 fully saturated rings. The van der Waals surface area contributed by atoms with Gasteiger partial charge < -0.3 is 9.84 Å². The molecule has 0 aromatic heterocycles. The van der Waals surface area contributed by atoms with Crippen LogP contribution in [-0.2, 0) is 19.6 Å². The third-order valence-corrected chi connectivity index (χ3v) is 5.16. The first-order valence-corrected chi connectivity index (χ1v) is 8.16. The minimum absolute atomic E-state index is 0.0267. The van der Waals surface area contributed by atoms with Gasteiger partial charge >= 0.3 is 5.97 Å². The van der Waals surface area contributed by atoms with Gasteiger partial charge in [-0.3, -0.25) is 4.79 Å². The van der Waals surface area contributed by atoms with Gasteiger partial charge in [-0.05, 0) is 31.6 Å². The molecule has 0 aliphatic heterocycles. The monoisotopic (exact) mass is 293 g/mol. The predicted octanol–water partition coefficient (Wildman–Crippen LogP) is 0.833. The molecular formula is C12H23NO5S. The van der Waals surface area contributed by atoms with E-state index in [2.05, 4.69) is 11.6 Å². The maximum Gasteiger partial charge on any atom is 0.310 e. The van der Waals surface area contributed by atoms with Crippen molar-refractivity contribution < 1.29 is 23.1 Å². The van der Waals surface area contributed by atoms with Crippen LogP contribution in [0.5, 0.6) is 0 Å². The van der Waals surface area contributed by atoms with Gasteiger partial charge in [-0.15, -0.1) is 0 Å². The lowest BCUT2D eigenvalue weighted by Gasteiger charge is -2.35. The smallest absolute Gasteiger partial charge is 0.310 e. The van der Waals surface area contributed by atoms with Gasteiger partial charge in [-0.2, -0.15) is 0 Å². The van der Waals surface area contributed by atoms with Crippen molar-refractivity contribution in [3.8, 4) is 0 Å². The summed E-state index contributed by atoms with van der Waals surface area (Å²) in [6, 6.07) is 0. The molecule has 112 valence electrons. The molecule has 0 saturated heterocycles. The van der Waals surface area contributed by atoms with Gasteiger partial charge in [0.2, 0.25) is 10.0 Å². The van der Waals surface area contributed by atoms with E-state index in [-0.39, 0.29) is 18.9 Å².